The van der Waals surface area contributed by atoms with E-state index in [1.165, 1.54) is 21.9 Å². The molecule has 0 atom stereocenters. The number of para-hydroxylation sites is 1. The summed E-state index contributed by atoms with van der Waals surface area (Å²) in [6, 6.07) is 38.7. The zero-order chi connectivity index (χ0) is 28.0. The van der Waals surface area contributed by atoms with Crippen LogP contribution in [0.3, 0.4) is 0 Å². The third-order valence-corrected chi connectivity index (χ3v) is 7.43. The van der Waals surface area contributed by atoms with Gasteiger partial charge in [-0.05, 0) is 78.8 Å². The van der Waals surface area contributed by atoms with Gasteiger partial charge < -0.3 is 9.32 Å². The summed E-state index contributed by atoms with van der Waals surface area (Å²) in [6.07, 6.45) is 14.4. The molecule has 0 spiro atoms. The van der Waals surface area contributed by atoms with E-state index in [2.05, 4.69) is 139 Å². The van der Waals surface area contributed by atoms with E-state index < -0.39 is 0 Å². The highest BCUT2D eigenvalue weighted by Gasteiger charge is 2.17. The first kappa shape index (κ1) is 26.2. The highest BCUT2D eigenvalue weighted by atomic mass is 16.3. The largest absolute Gasteiger partial charge is 0.456 e. The van der Waals surface area contributed by atoms with Gasteiger partial charge in [0.2, 0.25) is 0 Å². The minimum Gasteiger partial charge on any atom is -0.456 e. The molecule has 0 saturated carbocycles. The van der Waals surface area contributed by atoms with Crippen molar-refractivity contribution in [1.82, 2.24) is 0 Å². The Morgan fingerprint density at radius 3 is 2.29 bits per heavy atom. The van der Waals surface area contributed by atoms with Crippen molar-refractivity contribution in [2.45, 2.75) is 19.8 Å². The number of hydrogen-bond donors (Lipinski definition) is 0. The minimum atomic E-state index is 0.867. The quantitative estimate of drug-likeness (QED) is 0.136. The molecule has 0 unspecified atom stereocenters. The summed E-state index contributed by atoms with van der Waals surface area (Å²) < 4.78 is 6.14. The van der Waals surface area contributed by atoms with Gasteiger partial charge in [0.15, 0.2) is 0 Å². The summed E-state index contributed by atoms with van der Waals surface area (Å²) in [7, 11) is 0. The third kappa shape index (κ3) is 5.50. The molecular weight excluding hydrogens is 498 g/mol. The lowest BCUT2D eigenvalue weighted by Crippen LogP contribution is -2.10. The molecule has 2 heteroatoms. The number of fused-ring (bicyclic) bond motifs is 4. The second-order valence-electron chi connectivity index (χ2n) is 10.1. The smallest absolute Gasteiger partial charge is 0.135 e. The van der Waals surface area contributed by atoms with E-state index in [9.17, 15) is 0 Å². The van der Waals surface area contributed by atoms with Gasteiger partial charge in [-0.25, -0.2) is 0 Å². The molecule has 2 nitrogen and oxygen atoms in total. The van der Waals surface area contributed by atoms with Crippen molar-refractivity contribution < 1.29 is 4.42 Å². The van der Waals surface area contributed by atoms with E-state index in [4.69, 9.17) is 4.42 Å². The van der Waals surface area contributed by atoms with Crippen LogP contribution in [0.25, 0.3) is 32.7 Å². The van der Waals surface area contributed by atoms with Crippen molar-refractivity contribution in [3.63, 3.8) is 0 Å². The van der Waals surface area contributed by atoms with Crippen LogP contribution in [0.2, 0.25) is 0 Å². The van der Waals surface area contributed by atoms with Crippen LogP contribution in [0.15, 0.2) is 162 Å². The topological polar surface area (TPSA) is 16.4 Å². The van der Waals surface area contributed by atoms with Crippen LogP contribution in [0.5, 0.6) is 0 Å². The molecule has 5 aromatic carbocycles. The van der Waals surface area contributed by atoms with Gasteiger partial charge in [0.05, 0.1) is 5.69 Å². The molecule has 6 rings (SSSR count). The maximum Gasteiger partial charge on any atom is 0.135 e. The summed E-state index contributed by atoms with van der Waals surface area (Å²) in [5, 5.41) is 4.67. The standard InChI is InChI=1S/C39H33NO/c1-3-5-13-29(12-4-2)14-10-15-30-22-24-32(25-23-30)40(37-20-11-17-31-16-6-7-18-34(31)37)33-26-27-39-36(28-33)35-19-8-9-21-38(35)41-39/h3-12,14,16-28H,2,13,15H2,1H3/b5-3-,14-10-,29-12-. The predicted molar refractivity (Wildman–Crippen MR) is 176 cm³/mol. The van der Waals surface area contributed by atoms with Crippen LogP contribution in [0.4, 0.5) is 17.1 Å². The van der Waals surface area contributed by atoms with Gasteiger partial charge >= 0.3 is 0 Å². The van der Waals surface area contributed by atoms with E-state index in [0.717, 1.165) is 51.8 Å². The molecule has 0 N–H and O–H groups in total. The van der Waals surface area contributed by atoms with Gasteiger partial charge in [0, 0.05) is 27.5 Å². The fourth-order valence-electron chi connectivity index (χ4n) is 5.41. The highest BCUT2D eigenvalue weighted by molar-refractivity contribution is 6.07. The average molecular weight is 532 g/mol. The summed E-state index contributed by atoms with van der Waals surface area (Å²) in [5.41, 5.74) is 7.67. The van der Waals surface area contributed by atoms with Crippen molar-refractivity contribution in [2.75, 3.05) is 4.90 Å². The van der Waals surface area contributed by atoms with Crippen molar-refractivity contribution in [3.8, 4) is 0 Å². The molecule has 0 aliphatic carbocycles. The second-order valence-corrected chi connectivity index (χ2v) is 10.1. The van der Waals surface area contributed by atoms with E-state index in [1.807, 2.05) is 25.1 Å². The molecule has 0 aliphatic heterocycles. The number of rotatable bonds is 9. The molecule has 0 amide bonds. The van der Waals surface area contributed by atoms with Gasteiger partial charge in [-0.2, -0.15) is 0 Å². The number of anilines is 3. The second kappa shape index (κ2) is 12.0. The van der Waals surface area contributed by atoms with E-state index in [-0.39, 0.29) is 0 Å². The van der Waals surface area contributed by atoms with Crippen molar-refractivity contribution >= 4 is 49.8 Å². The first-order valence-electron chi connectivity index (χ1n) is 14.1. The van der Waals surface area contributed by atoms with Gasteiger partial charge in [-0.3, -0.25) is 0 Å². The average Bonchev–Trinajstić information content (AvgIpc) is 3.39. The molecule has 0 aliphatic rings. The molecule has 6 aromatic rings. The lowest BCUT2D eigenvalue weighted by atomic mass is 10.0. The lowest BCUT2D eigenvalue weighted by molar-refractivity contribution is 0.669. The molecule has 0 radical (unpaired) electrons. The Kier molecular flexibility index (Phi) is 7.64. The van der Waals surface area contributed by atoms with Gasteiger partial charge in [-0.1, -0.05) is 110 Å². The highest BCUT2D eigenvalue weighted by Crippen LogP contribution is 2.41. The molecule has 200 valence electrons. The Balaban J connectivity index is 1.40. The van der Waals surface area contributed by atoms with Crippen molar-refractivity contribution in [2.24, 2.45) is 0 Å². The molecule has 1 heterocycles. The first-order valence-corrected chi connectivity index (χ1v) is 14.1. The Labute approximate surface area is 241 Å². The maximum absolute atomic E-state index is 6.14. The molecule has 0 bridgehead atoms. The summed E-state index contributed by atoms with van der Waals surface area (Å²) >= 11 is 0. The monoisotopic (exact) mass is 531 g/mol. The molecule has 0 saturated heterocycles. The number of allylic oxidation sites excluding steroid dienone is 7. The number of hydrogen-bond acceptors (Lipinski definition) is 2. The van der Waals surface area contributed by atoms with E-state index >= 15 is 0 Å². The Bertz CT molecular complexity index is 1910. The van der Waals surface area contributed by atoms with Crippen molar-refractivity contribution in [3.05, 3.63) is 163 Å². The summed E-state index contributed by atoms with van der Waals surface area (Å²) in [4.78, 5) is 2.35. The zero-order valence-corrected chi connectivity index (χ0v) is 23.3. The molecule has 41 heavy (non-hydrogen) atoms. The van der Waals surface area contributed by atoms with Gasteiger partial charge in [0.25, 0.3) is 0 Å². The van der Waals surface area contributed by atoms with Gasteiger partial charge in [0.1, 0.15) is 11.2 Å². The zero-order valence-electron chi connectivity index (χ0n) is 23.3. The molecular formula is C39H33NO. The van der Waals surface area contributed by atoms with Crippen LogP contribution < -0.4 is 4.90 Å². The normalized spacial score (nSPS) is 12.3. The number of nitrogens with zero attached hydrogens (tertiary/aromatic N) is 1. The third-order valence-electron chi connectivity index (χ3n) is 7.43. The summed E-state index contributed by atoms with van der Waals surface area (Å²) in [5.74, 6) is 0. The Morgan fingerprint density at radius 2 is 1.46 bits per heavy atom. The number of furan rings is 1. The predicted octanol–water partition coefficient (Wildman–Crippen LogP) is 11.4. The Hall–Kier alpha value is -5.08. The fraction of sp³-hybridized carbons (Fsp3) is 0.0769. The van der Waals surface area contributed by atoms with Crippen LogP contribution >= 0.6 is 0 Å². The first-order chi connectivity index (χ1) is 20.2. The summed E-state index contributed by atoms with van der Waals surface area (Å²) in [6.45, 7) is 5.90. The van der Waals surface area contributed by atoms with E-state index in [1.54, 1.807) is 0 Å². The molecule has 0 fully saturated rings. The van der Waals surface area contributed by atoms with Crippen LogP contribution in [-0.4, -0.2) is 0 Å². The fourth-order valence-corrected chi connectivity index (χ4v) is 5.41. The maximum atomic E-state index is 6.14. The lowest BCUT2D eigenvalue weighted by Gasteiger charge is -2.27. The van der Waals surface area contributed by atoms with Gasteiger partial charge in [-0.15, -0.1) is 0 Å². The molecule has 1 aromatic heterocycles. The van der Waals surface area contributed by atoms with E-state index in [0.29, 0.717) is 0 Å². The van der Waals surface area contributed by atoms with Crippen molar-refractivity contribution in [1.29, 1.82) is 0 Å². The van der Waals surface area contributed by atoms with Crippen LogP contribution in [0.1, 0.15) is 18.9 Å². The SMILES string of the molecule is C=C/C=C(\C=C/Cc1ccc(N(c2ccc3oc4ccccc4c3c2)c2cccc3ccccc23)cc1)C/C=C\C. The minimum absolute atomic E-state index is 0.867. The Morgan fingerprint density at radius 1 is 0.732 bits per heavy atom. The van der Waals surface area contributed by atoms with Crippen LogP contribution in [0, 0.1) is 0 Å². The number of benzene rings is 5. The van der Waals surface area contributed by atoms with Crippen LogP contribution in [-0.2, 0) is 6.42 Å².